The molecular weight excluding hydrogens is 693 g/mol. The summed E-state index contributed by atoms with van der Waals surface area (Å²) in [7, 11) is 28.2. The molecule has 0 N–H and O–H groups in total. The first-order chi connectivity index (χ1) is 14.1. The summed E-state index contributed by atoms with van der Waals surface area (Å²) >= 11 is 9.53. The van der Waals surface area contributed by atoms with Crippen molar-refractivity contribution in [3.05, 3.63) is 0 Å². The number of hydrogen-bond donors (Lipinski definition) is 0. The van der Waals surface area contributed by atoms with Crippen molar-refractivity contribution in [2.45, 2.75) is 74.0 Å². The van der Waals surface area contributed by atoms with E-state index in [4.69, 9.17) is 76.2 Å². The summed E-state index contributed by atoms with van der Waals surface area (Å²) in [5.41, 5.74) is 0. The van der Waals surface area contributed by atoms with Crippen LogP contribution < -0.4 is 0 Å². The van der Waals surface area contributed by atoms with Crippen LogP contribution in [0, 0.1) is 58.1 Å². The van der Waals surface area contributed by atoms with E-state index in [0.29, 0.717) is 0 Å². The van der Waals surface area contributed by atoms with Crippen molar-refractivity contribution < 1.29 is 10.8 Å². The summed E-state index contributed by atoms with van der Waals surface area (Å²) < 4.78 is 0. The second kappa shape index (κ2) is 7.97. The minimum absolute atomic E-state index is 0.194. The zero-order valence-electron chi connectivity index (χ0n) is 17.2. The number of alkyl halides is 4. The van der Waals surface area contributed by atoms with E-state index in [1.165, 1.54) is 0 Å². The summed E-state index contributed by atoms with van der Waals surface area (Å²) in [5.74, 6) is 9.16. The van der Waals surface area contributed by atoms with Gasteiger partial charge in [-0.15, -0.1) is 23.2 Å². The van der Waals surface area contributed by atoms with Crippen LogP contribution in [0.1, 0.15) is 64.2 Å². The predicted octanol–water partition coefficient (Wildman–Crippen LogP) is 9.65. The van der Waals surface area contributed by atoms with Gasteiger partial charge >= 0.3 is 62.1 Å². The Bertz CT molecular complexity index is 617. The van der Waals surface area contributed by atoms with Gasteiger partial charge in [0, 0.05) is 23.7 Å². The fourth-order valence-corrected chi connectivity index (χ4v) is 12.0. The molecule has 9 fully saturated rings. The molecule has 1 aliphatic heterocycles. The van der Waals surface area contributed by atoms with E-state index < -0.39 is 9.14 Å². The van der Waals surface area contributed by atoms with Crippen LogP contribution in [-0.2, 0) is 0 Å². The van der Waals surface area contributed by atoms with Crippen LogP contribution in [0.3, 0.4) is 0 Å². The Morgan fingerprint density at radius 3 is 0.903 bits per heavy atom. The summed E-state index contributed by atoms with van der Waals surface area (Å²) in [6.07, 6.45) is 16.3. The van der Waals surface area contributed by atoms with E-state index in [1.807, 2.05) is 0 Å². The first-order valence-electron chi connectivity index (χ1n) is 11.5. The van der Waals surface area contributed by atoms with Gasteiger partial charge in [0.05, 0.1) is 5.34 Å². The predicted molar refractivity (Wildman–Crippen MR) is 137 cm³/mol. The quantitative estimate of drug-likeness (QED) is 0.173. The van der Waals surface area contributed by atoms with Crippen molar-refractivity contribution in [1.29, 1.82) is 0 Å². The van der Waals surface area contributed by atoms with Crippen LogP contribution in [0.5, 0.6) is 0 Å². The SMILES string of the molecule is C1C2CC3CC1CC(C2)C31[Cl+]C12C1CC3CC(C1)CC2C3.ClCCl.[Cl][Sb-]([Cl])([Cl])([Cl])([Cl])[Cl]. The molecule has 182 valence electrons. The summed E-state index contributed by atoms with van der Waals surface area (Å²) in [5, 5.41) is 0.194. The van der Waals surface area contributed by atoms with Crippen LogP contribution in [-0.4, -0.2) is 24.2 Å². The molecule has 9 aliphatic rings. The molecule has 0 amide bonds. The number of rotatable bonds is 0. The van der Waals surface area contributed by atoms with Gasteiger partial charge in [-0.2, -0.15) is 0 Å². The van der Waals surface area contributed by atoms with E-state index in [9.17, 15) is 0 Å². The Morgan fingerprint density at radius 2 is 0.710 bits per heavy atom. The molecule has 0 nitrogen and oxygen atoms in total. The average molecular weight is 723 g/mol. The first-order valence-corrected chi connectivity index (χ1v) is 32.7. The van der Waals surface area contributed by atoms with Crippen molar-refractivity contribution in [2.75, 3.05) is 5.34 Å². The van der Waals surface area contributed by atoms with Gasteiger partial charge in [0.25, 0.3) is 9.75 Å². The van der Waals surface area contributed by atoms with E-state index in [0.717, 1.165) is 57.1 Å². The van der Waals surface area contributed by atoms with E-state index in [1.54, 1.807) is 64.2 Å². The van der Waals surface area contributed by atoms with Crippen LogP contribution >= 0.6 is 76.2 Å². The first kappa shape index (κ1) is 26.1. The molecule has 9 rings (SSSR count). The van der Waals surface area contributed by atoms with Gasteiger partial charge in [0.2, 0.25) is 0 Å². The monoisotopic (exact) mass is 718 g/mol. The molecule has 0 aromatic rings. The van der Waals surface area contributed by atoms with Crippen molar-refractivity contribution in [3.63, 3.8) is 0 Å². The minimum atomic E-state index is -5.42. The summed E-state index contributed by atoms with van der Waals surface area (Å²) in [4.78, 5) is 1.56. The molecule has 0 unspecified atom stereocenters. The number of hydrogen-bond acceptors (Lipinski definition) is 0. The van der Waals surface area contributed by atoms with Gasteiger partial charge in [-0.05, 0) is 87.9 Å². The molecule has 2 spiro atoms. The van der Waals surface area contributed by atoms with Gasteiger partial charge in [-0.3, -0.25) is 0 Å². The Kier molecular flexibility index (Phi) is 6.69. The average Bonchev–Trinajstić information content (AvgIpc) is 3.26. The fraction of sp³-hybridized carbons (Fsp3) is 1.00. The fourth-order valence-electron chi connectivity index (χ4n) is 9.54. The second-order valence-corrected chi connectivity index (χ2v) is 70.4. The van der Waals surface area contributed by atoms with Crippen LogP contribution in [0.4, 0.5) is 0 Å². The van der Waals surface area contributed by atoms with Crippen molar-refractivity contribution in [2.24, 2.45) is 47.3 Å². The second-order valence-electron chi connectivity index (χ2n) is 11.3. The molecule has 8 saturated carbocycles. The maximum absolute atomic E-state index is 5.42. The molecular formula is C21H30Cl9Sb. The standard InChI is InChI=1S/C20H28Cl.CH2Cl2.6ClH.Sb/c1-11-3-15-5-12(1)6-16(4-11)19(15)20(21-19)17-7-13-2-14(9-17)10-18(20)8-13;2-1-3;;;;;;;/h11-18H,1-10H2;1H2;6*1H;/q+1;;;;;;;;+5/p-6. The molecule has 0 aromatic carbocycles. The topological polar surface area (TPSA) is 0 Å². The Hall–Kier alpha value is 3.43. The van der Waals surface area contributed by atoms with Crippen LogP contribution in [0.2, 0.25) is 0 Å². The molecule has 8 aliphatic carbocycles. The van der Waals surface area contributed by atoms with Gasteiger partial charge in [-0.25, -0.2) is 0 Å². The molecule has 1 saturated heterocycles. The van der Waals surface area contributed by atoms with E-state index >= 15 is 0 Å². The Labute approximate surface area is 220 Å². The van der Waals surface area contributed by atoms with Crippen LogP contribution in [0.25, 0.3) is 0 Å². The third-order valence-electron chi connectivity index (χ3n) is 9.52. The van der Waals surface area contributed by atoms with Gasteiger partial charge in [0.1, 0.15) is 0 Å². The zero-order valence-corrected chi connectivity index (χ0v) is 26.6. The molecule has 0 atom stereocenters. The van der Waals surface area contributed by atoms with Gasteiger partial charge in [0.15, 0.2) is 10.8 Å². The van der Waals surface area contributed by atoms with E-state index in [2.05, 4.69) is 10.8 Å². The third kappa shape index (κ3) is 5.10. The van der Waals surface area contributed by atoms with Gasteiger partial charge < -0.3 is 0 Å². The molecule has 31 heavy (non-hydrogen) atoms. The molecule has 0 radical (unpaired) electrons. The Balaban J connectivity index is 0.000000176. The summed E-state index contributed by atoms with van der Waals surface area (Å²) in [6, 6.07) is 0. The summed E-state index contributed by atoms with van der Waals surface area (Å²) in [6.45, 7) is 0. The number of halogens is 9. The van der Waals surface area contributed by atoms with Crippen LogP contribution in [0.15, 0.2) is 0 Å². The molecule has 10 heteroatoms. The molecule has 8 bridgehead atoms. The molecule has 0 aromatic heterocycles. The van der Waals surface area contributed by atoms with Crippen molar-refractivity contribution >= 4 is 85.3 Å². The van der Waals surface area contributed by atoms with E-state index in [-0.39, 0.29) is 5.34 Å². The Morgan fingerprint density at radius 1 is 0.516 bits per heavy atom. The van der Waals surface area contributed by atoms with Crippen molar-refractivity contribution in [1.82, 2.24) is 0 Å². The zero-order chi connectivity index (χ0) is 22.5. The normalized spacial score (nSPS) is 54.6. The maximum atomic E-state index is 5.06. The third-order valence-corrected chi connectivity index (χ3v) is 11.8. The van der Waals surface area contributed by atoms with Crippen molar-refractivity contribution in [3.8, 4) is 0 Å². The van der Waals surface area contributed by atoms with Gasteiger partial charge in [-0.1, -0.05) is 0 Å². The molecule has 1 heterocycles.